The fraction of sp³-hybridized carbons (Fsp3) is 0.375. The van der Waals surface area contributed by atoms with Gasteiger partial charge in [0.15, 0.2) is 45.5 Å². The Morgan fingerprint density at radius 3 is 1.48 bits per heavy atom. The number of aromatic nitrogens is 10. The first-order valence-electron chi connectivity index (χ1n) is 27.2. The van der Waals surface area contributed by atoms with Crippen LogP contribution < -0.4 is 57.6 Å². The van der Waals surface area contributed by atoms with E-state index in [0.29, 0.717) is 73.6 Å². The summed E-state index contributed by atoms with van der Waals surface area (Å²) < 4.78 is 19.0. The van der Waals surface area contributed by atoms with E-state index in [9.17, 15) is 24.0 Å². The Hall–Kier alpha value is -9.41. The average Bonchev–Trinajstić information content (AvgIpc) is 1.88. The van der Waals surface area contributed by atoms with Crippen LogP contribution in [-0.4, -0.2) is 157 Å². The van der Waals surface area contributed by atoms with E-state index in [4.69, 9.17) is 32.5 Å². The molecule has 3 aliphatic heterocycles. The summed E-state index contributed by atoms with van der Waals surface area (Å²) >= 11 is 5.94. The van der Waals surface area contributed by atoms with Gasteiger partial charge in [-0.25, -0.2) is 24.4 Å². The minimum atomic E-state index is -0.786. The Labute approximate surface area is 506 Å². The number of hydrogen-bond acceptors (Lipinski definition) is 19. The van der Waals surface area contributed by atoms with E-state index in [1.165, 1.54) is 71.8 Å². The molecule has 86 heavy (non-hydrogen) atoms. The molecule has 6 fully saturated rings. The molecular weight excluding hydrogens is 1150 g/mol. The summed E-state index contributed by atoms with van der Waals surface area (Å²) in [7, 11) is 9.67. The van der Waals surface area contributed by atoms with Crippen LogP contribution in [0.5, 0.6) is 17.2 Å². The molecule has 0 unspecified atom stereocenters. The van der Waals surface area contributed by atoms with E-state index in [0.717, 1.165) is 31.6 Å². The fourth-order valence-electron chi connectivity index (χ4n) is 9.48. The summed E-state index contributed by atoms with van der Waals surface area (Å²) in [6, 6.07) is 22.2. The van der Waals surface area contributed by atoms with Gasteiger partial charge in [-0.2, -0.15) is 10.2 Å². The molecule has 7 heterocycles. The normalized spacial score (nSPS) is 15.7. The number of rotatable bonds is 12. The van der Waals surface area contributed by atoms with Gasteiger partial charge in [0.05, 0.1) is 48.1 Å². The van der Waals surface area contributed by atoms with E-state index >= 15 is 0 Å². The zero-order valence-corrected chi connectivity index (χ0v) is 49.8. The van der Waals surface area contributed by atoms with Gasteiger partial charge >= 0.3 is 18.2 Å². The van der Waals surface area contributed by atoms with Crippen LogP contribution in [0.2, 0.25) is 5.15 Å². The van der Waals surface area contributed by atoms with Gasteiger partial charge in [-0.3, -0.25) is 24.3 Å². The number of likely N-dealkylation sites (tertiary alicyclic amines) is 2. The first-order chi connectivity index (χ1) is 40.9. The zero-order valence-electron chi connectivity index (χ0n) is 48.2. The number of ether oxygens (including phenoxy) is 3. The highest BCUT2D eigenvalue weighted by Crippen LogP contribution is 2.53. The monoisotopic (exact) mass is 1220 g/mol. The maximum absolute atomic E-state index is 12.6. The second kappa shape index (κ2) is 27.1. The summed E-state index contributed by atoms with van der Waals surface area (Å²) in [5, 5.41) is 41.9. The van der Waals surface area contributed by atoms with E-state index in [2.05, 4.69) is 77.2 Å². The van der Waals surface area contributed by atoms with Crippen molar-refractivity contribution in [2.75, 3.05) is 83.5 Å². The largest absolute Gasteiger partial charge is 0.494 e. The van der Waals surface area contributed by atoms with E-state index in [1.807, 2.05) is 30.3 Å². The van der Waals surface area contributed by atoms with Crippen LogP contribution in [0.4, 0.5) is 43.0 Å². The Bertz CT molecular complexity index is 3550. The van der Waals surface area contributed by atoms with Crippen LogP contribution in [0.3, 0.4) is 0 Å². The topological polar surface area (TPSA) is 357 Å². The summed E-state index contributed by atoms with van der Waals surface area (Å²) in [5.41, 5.74) is 15.1. The summed E-state index contributed by atoms with van der Waals surface area (Å²) in [4.78, 5) is 69.7. The minimum Gasteiger partial charge on any atom is -0.494 e. The average molecular weight is 1220 g/mol. The van der Waals surface area contributed by atoms with Crippen LogP contribution in [-0.2, 0) is 14.1 Å². The lowest BCUT2D eigenvalue weighted by Crippen LogP contribution is -2.53. The SMILES string of the molecule is C1CC12CNC2.CNC(=O)c1nnc(Cl)cc1Nc1cccc(-c2ncn(C)n2)c1OC.CNC(=O)c1nnc(NC(=O)N2CC3(CC3)C2)cc1Nc1cccc(-c2ncn(C)n2)c1OC.Cl.NC(=O)N1CC2(CC2)C1.NC(=O)Oc1ccccc1. The molecule has 0 radical (unpaired) electrons. The number of carbonyl (C=O) groups is 5. The fourth-order valence-corrected chi connectivity index (χ4v) is 9.62. The zero-order chi connectivity index (χ0) is 60.5. The molecule has 3 saturated heterocycles. The molecule has 7 aromatic rings. The number of carbonyl (C=O) groups excluding carboxylic acids is 5. The van der Waals surface area contributed by atoms with Gasteiger partial charge in [-0.05, 0) is 80.3 Å². The van der Waals surface area contributed by atoms with Crippen LogP contribution in [0, 0.1) is 16.2 Å². The van der Waals surface area contributed by atoms with Crippen molar-refractivity contribution in [2.45, 2.75) is 38.5 Å². The number of aryl methyl sites for hydroxylation is 2. The van der Waals surface area contributed by atoms with Crippen molar-refractivity contribution in [1.29, 1.82) is 0 Å². The third-order valence-electron chi connectivity index (χ3n) is 14.9. The molecule has 3 spiro atoms. The van der Waals surface area contributed by atoms with Crippen LogP contribution in [0.15, 0.2) is 91.5 Å². The number of primary amides is 2. The van der Waals surface area contributed by atoms with Gasteiger partial charge in [0.25, 0.3) is 11.8 Å². The lowest BCUT2D eigenvalue weighted by molar-refractivity contribution is 0.0950. The summed E-state index contributed by atoms with van der Waals surface area (Å²) in [6.07, 6.45) is 10.4. The highest BCUT2D eigenvalue weighted by Gasteiger charge is 2.54. The molecule has 454 valence electrons. The molecule has 30 heteroatoms. The van der Waals surface area contributed by atoms with Gasteiger partial charge in [0.2, 0.25) is 0 Å². The van der Waals surface area contributed by atoms with Crippen LogP contribution in [0.25, 0.3) is 22.8 Å². The molecule has 0 bridgehead atoms. The number of nitrogens with zero attached hydrogens (tertiary/aromatic N) is 12. The van der Waals surface area contributed by atoms with Crippen molar-refractivity contribution in [3.63, 3.8) is 0 Å². The van der Waals surface area contributed by atoms with E-state index in [-0.39, 0.29) is 46.8 Å². The van der Waals surface area contributed by atoms with E-state index in [1.54, 1.807) is 103 Å². The van der Waals surface area contributed by atoms with Gasteiger partial charge in [0, 0.05) is 90.4 Å². The molecule has 7 amide bonds. The van der Waals surface area contributed by atoms with Crippen molar-refractivity contribution < 1.29 is 38.2 Å². The lowest BCUT2D eigenvalue weighted by Gasteiger charge is -2.39. The highest BCUT2D eigenvalue weighted by molar-refractivity contribution is 6.29. The number of nitrogens with one attached hydrogen (secondary N) is 6. The molecule has 13 rings (SSSR count). The van der Waals surface area contributed by atoms with Gasteiger partial charge < -0.3 is 62.1 Å². The number of methoxy groups -OCH3 is 2. The Morgan fingerprint density at radius 1 is 0.605 bits per heavy atom. The predicted octanol–water partition coefficient (Wildman–Crippen LogP) is 6.15. The quantitative estimate of drug-likeness (QED) is 0.0680. The standard InChI is InChI=1S/C22H25N9O3.C16H16ClN7O2.C7H7NO2.C6H10N2O.C5H9N.ClH/c1-23-20(32)17-15(9-16(27-28-17)26-21(33)31-10-22(11-31)7-8-22)25-14-6-4-5-13(18(14)34-3)19-24-12-30(2)29-19;1-18-16(25)13-11(7-12(17)21-22-13)20-10-6-4-5-9(14(10)26-3)15-19-8-24(2)23-15;8-7(9)10-6-4-2-1-3-5-6;7-5(9)8-3-6(4-8)1-2-6;1-2-5(1)3-6-4-5;/h4-6,9,12H,7-8,10-11H2,1-3H3,(H,23,32)(H2,25,26,27,33);4-8H,1-3H3,(H,18,25)(H,20,21);1-5H,(H2,8,9);1-4H2,(H2,7,9);6H,1-4H2;1H. The molecular formula is C56H68Cl2N20O8. The minimum absolute atomic E-state index is 0. The van der Waals surface area contributed by atoms with Crippen molar-refractivity contribution in [2.24, 2.45) is 41.8 Å². The smallest absolute Gasteiger partial charge is 0.409 e. The van der Waals surface area contributed by atoms with Crippen molar-refractivity contribution >= 4 is 82.5 Å². The molecule has 6 aliphatic rings. The maximum Gasteiger partial charge on any atom is 0.409 e. The first-order valence-corrected chi connectivity index (χ1v) is 27.5. The number of benzene rings is 3. The molecule has 3 aromatic carbocycles. The summed E-state index contributed by atoms with van der Waals surface area (Å²) in [5.74, 6) is 1.92. The number of halogens is 2. The van der Waals surface area contributed by atoms with Crippen molar-refractivity contribution in [1.82, 2.24) is 75.7 Å². The number of anilines is 5. The first kappa shape index (κ1) is 62.6. The highest BCUT2D eigenvalue weighted by atomic mass is 35.5. The lowest BCUT2D eigenvalue weighted by atomic mass is 9.98. The third kappa shape index (κ3) is 15.5. The Kier molecular flexibility index (Phi) is 19.7. The molecule has 10 N–H and O–H groups in total. The number of hydrogen-bond donors (Lipinski definition) is 8. The van der Waals surface area contributed by atoms with Gasteiger partial charge in [0.1, 0.15) is 18.4 Å². The molecule has 3 saturated carbocycles. The Morgan fingerprint density at radius 2 is 1.08 bits per heavy atom. The molecule has 3 aliphatic carbocycles. The van der Waals surface area contributed by atoms with Crippen LogP contribution in [0.1, 0.15) is 59.5 Å². The molecule has 28 nitrogen and oxygen atoms in total. The van der Waals surface area contributed by atoms with Crippen molar-refractivity contribution in [3.05, 3.63) is 108 Å². The van der Waals surface area contributed by atoms with Crippen molar-refractivity contribution in [3.8, 4) is 40.0 Å². The second-order valence-electron chi connectivity index (χ2n) is 21.4. The number of nitrogens with two attached hydrogens (primary N) is 2. The summed E-state index contributed by atoms with van der Waals surface area (Å²) in [6.45, 7) is 5.99. The van der Waals surface area contributed by atoms with E-state index < -0.39 is 17.9 Å². The number of urea groups is 2. The predicted molar refractivity (Wildman–Crippen MR) is 322 cm³/mol. The Balaban J connectivity index is 0.000000160. The maximum atomic E-state index is 12.6. The van der Waals surface area contributed by atoms with Crippen LogP contribution >= 0.6 is 24.0 Å². The number of para-hydroxylation sites is 3. The number of amides is 7. The third-order valence-corrected chi connectivity index (χ3v) is 15.1. The molecule has 4 aromatic heterocycles. The van der Waals surface area contributed by atoms with Gasteiger partial charge in [-0.15, -0.1) is 32.8 Å². The van der Waals surface area contributed by atoms with Gasteiger partial charge in [-0.1, -0.05) is 41.9 Å². The molecule has 0 atom stereocenters. The second-order valence-corrected chi connectivity index (χ2v) is 21.8.